The molecule has 6 nitrogen and oxygen atoms in total. The van der Waals surface area contributed by atoms with Crippen LogP contribution in [0.3, 0.4) is 0 Å². The molecule has 0 radical (unpaired) electrons. The zero-order valence-corrected chi connectivity index (χ0v) is 10.6. The first kappa shape index (κ1) is 13.8. The minimum Gasteiger partial charge on any atom is -0.480 e. The number of nitrogens with zero attached hydrogens (tertiary/aromatic N) is 2. The number of rotatable bonds is 4. The highest BCUT2D eigenvalue weighted by Crippen LogP contribution is 2.07. The van der Waals surface area contributed by atoms with Crippen LogP contribution in [0.15, 0.2) is 0 Å². The van der Waals surface area contributed by atoms with Crippen LogP contribution in [0.2, 0.25) is 0 Å². The van der Waals surface area contributed by atoms with Crippen molar-refractivity contribution >= 4 is 12.0 Å². The van der Waals surface area contributed by atoms with Gasteiger partial charge in [0.25, 0.3) is 0 Å². The Hall–Kier alpha value is -1.30. The summed E-state index contributed by atoms with van der Waals surface area (Å²) in [5.74, 6) is -0.989. The zero-order valence-electron chi connectivity index (χ0n) is 10.6. The molecule has 1 unspecified atom stereocenters. The van der Waals surface area contributed by atoms with Gasteiger partial charge in [0.15, 0.2) is 0 Å². The number of nitrogens with one attached hydrogen (secondary N) is 1. The molecular weight excluding hydrogens is 222 g/mol. The summed E-state index contributed by atoms with van der Waals surface area (Å²) < 4.78 is 0. The Bertz CT molecular complexity index is 294. The number of amides is 2. The molecule has 0 saturated carbocycles. The molecule has 1 atom stereocenters. The van der Waals surface area contributed by atoms with Crippen molar-refractivity contribution in [3.63, 3.8) is 0 Å². The van der Waals surface area contributed by atoms with Crippen molar-refractivity contribution in [1.82, 2.24) is 15.1 Å². The quantitative estimate of drug-likeness (QED) is 0.739. The number of hydrogen-bond donors (Lipinski definition) is 2. The standard InChI is InChI=1S/C11H21N3O3/c1-8(2)14(7-10(15)16)11(17)12-9-4-5-13(3)6-9/h8-9H,4-7H2,1-3H3,(H,12,17)(H,15,16). The second kappa shape index (κ2) is 5.86. The topological polar surface area (TPSA) is 72.9 Å². The zero-order chi connectivity index (χ0) is 13.0. The van der Waals surface area contributed by atoms with Crippen LogP contribution in [0, 0.1) is 0 Å². The van der Waals surface area contributed by atoms with Gasteiger partial charge in [-0.1, -0.05) is 0 Å². The highest BCUT2D eigenvalue weighted by molar-refractivity contribution is 5.80. The van der Waals surface area contributed by atoms with Crippen molar-refractivity contribution in [1.29, 1.82) is 0 Å². The lowest BCUT2D eigenvalue weighted by molar-refractivity contribution is -0.138. The molecule has 0 aromatic rings. The predicted octanol–water partition coefficient (Wildman–Crippen LogP) is 0.195. The van der Waals surface area contributed by atoms with E-state index in [0.29, 0.717) is 0 Å². The van der Waals surface area contributed by atoms with Crippen LogP contribution >= 0.6 is 0 Å². The smallest absolute Gasteiger partial charge is 0.323 e. The number of likely N-dealkylation sites (tertiary alicyclic amines) is 1. The van der Waals surface area contributed by atoms with Crippen LogP contribution in [0.5, 0.6) is 0 Å². The van der Waals surface area contributed by atoms with Crippen LogP contribution in [-0.4, -0.2) is 65.7 Å². The molecule has 0 aliphatic carbocycles. The molecule has 2 amide bonds. The minimum absolute atomic E-state index is 0.120. The molecule has 0 aromatic heterocycles. The molecule has 1 saturated heterocycles. The molecule has 98 valence electrons. The minimum atomic E-state index is -0.989. The molecule has 1 rings (SSSR count). The van der Waals surface area contributed by atoms with E-state index in [-0.39, 0.29) is 24.7 Å². The fourth-order valence-electron chi connectivity index (χ4n) is 1.94. The van der Waals surface area contributed by atoms with Gasteiger partial charge < -0.3 is 20.2 Å². The number of carbonyl (C=O) groups is 2. The fraction of sp³-hybridized carbons (Fsp3) is 0.818. The molecule has 1 aliphatic heterocycles. The first-order valence-corrected chi connectivity index (χ1v) is 5.87. The number of hydrogen-bond acceptors (Lipinski definition) is 3. The molecule has 0 bridgehead atoms. The van der Waals surface area contributed by atoms with E-state index in [1.165, 1.54) is 4.90 Å². The van der Waals surface area contributed by atoms with Crippen LogP contribution in [-0.2, 0) is 4.79 Å². The van der Waals surface area contributed by atoms with Crippen molar-refractivity contribution in [2.24, 2.45) is 0 Å². The SMILES string of the molecule is CC(C)N(CC(=O)O)C(=O)NC1CCN(C)C1. The fourth-order valence-corrected chi connectivity index (χ4v) is 1.94. The average molecular weight is 243 g/mol. The van der Waals surface area contributed by atoms with Crippen LogP contribution in [0.25, 0.3) is 0 Å². The van der Waals surface area contributed by atoms with E-state index in [2.05, 4.69) is 10.2 Å². The Labute approximate surface area is 102 Å². The summed E-state index contributed by atoms with van der Waals surface area (Å²) in [6.07, 6.45) is 0.918. The van der Waals surface area contributed by atoms with Gasteiger partial charge in [-0.25, -0.2) is 4.79 Å². The van der Waals surface area contributed by atoms with E-state index >= 15 is 0 Å². The van der Waals surface area contributed by atoms with Crippen LogP contribution in [0.1, 0.15) is 20.3 Å². The van der Waals surface area contributed by atoms with Gasteiger partial charge in [0.05, 0.1) is 0 Å². The van der Waals surface area contributed by atoms with Gasteiger partial charge in [0.1, 0.15) is 6.54 Å². The van der Waals surface area contributed by atoms with Crippen molar-refractivity contribution in [2.45, 2.75) is 32.4 Å². The van der Waals surface area contributed by atoms with Gasteiger partial charge in [-0.3, -0.25) is 4.79 Å². The maximum atomic E-state index is 11.9. The van der Waals surface area contributed by atoms with Gasteiger partial charge in [0, 0.05) is 18.6 Å². The highest BCUT2D eigenvalue weighted by Gasteiger charge is 2.25. The first-order chi connectivity index (χ1) is 7.90. The summed E-state index contributed by atoms with van der Waals surface area (Å²) in [5, 5.41) is 11.6. The lowest BCUT2D eigenvalue weighted by Gasteiger charge is -2.26. The molecule has 0 aromatic carbocycles. The summed E-state index contributed by atoms with van der Waals surface area (Å²) in [6.45, 7) is 5.15. The summed E-state index contributed by atoms with van der Waals surface area (Å²) in [6, 6.07) is -0.282. The summed E-state index contributed by atoms with van der Waals surface area (Å²) in [7, 11) is 2.00. The van der Waals surface area contributed by atoms with E-state index in [0.717, 1.165) is 19.5 Å². The van der Waals surface area contributed by atoms with Crippen LogP contribution < -0.4 is 5.32 Å². The second-order valence-electron chi connectivity index (χ2n) is 4.81. The molecular formula is C11H21N3O3. The third-order valence-electron chi connectivity index (χ3n) is 2.91. The Kier molecular flexibility index (Phi) is 4.74. The summed E-state index contributed by atoms with van der Waals surface area (Å²) >= 11 is 0. The number of carbonyl (C=O) groups excluding carboxylic acids is 1. The van der Waals surface area contributed by atoms with Gasteiger partial charge in [-0.15, -0.1) is 0 Å². The van der Waals surface area contributed by atoms with Crippen LogP contribution in [0.4, 0.5) is 4.79 Å². The van der Waals surface area contributed by atoms with E-state index < -0.39 is 5.97 Å². The number of carboxylic acids is 1. The molecule has 2 N–H and O–H groups in total. The maximum Gasteiger partial charge on any atom is 0.323 e. The average Bonchev–Trinajstić information content (AvgIpc) is 2.59. The van der Waals surface area contributed by atoms with Gasteiger partial charge in [-0.2, -0.15) is 0 Å². The van der Waals surface area contributed by atoms with Gasteiger partial charge in [-0.05, 0) is 33.9 Å². The number of likely N-dealkylation sites (N-methyl/N-ethyl adjacent to an activating group) is 1. The van der Waals surface area contributed by atoms with E-state index in [1.54, 1.807) is 0 Å². The summed E-state index contributed by atoms with van der Waals surface area (Å²) in [5.41, 5.74) is 0. The van der Waals surface area contributed by atoms with E-state index in [1.807, 2.05) is 20.9 Å². The highest BCUT2D eigenvalue weighted by atomic mass is 16.4. The predicted molar refractivity (Wildman–Crippen MR) is 63.9 cm³/mol. The monoisotopic (exact) mass is 243 g/mol. The second-order valence-corrected chi connectivity index (χ2v) is 4.81. The van der Waals surface area contributed by atoms with Crippen molar-refractivity contribution < 1.29 is 14.7 Å². The number of carboxylic acid groups (broad SMARTS) is 1. The molecule has 0 spiro atoms. The molecule has 17 heavy (non-hydrogen) atoms. The van der Waals surface area contributed by atoms with E-state index in [9.17, 15) is 9.59 Å². The lowest BCUT2D eigenvalue weighted by atomic mass is 10.2. The Morgan fingerprint density at radius 3 is 2.59 bits per heavy atom. The maximum absolute atomic E-state index is 11.9. The molecule has 1 heterocycles. The van der Waals surface area contributed by atoms with Gasteiger partial charge in [0.2, 0.25) is 0 Å². The Balaban J connectivity index is 2.50. The van der Waals surface area contributed by atoms with Crippen molar-refractivity contribution in [2.75, 3.05) is 26.7 Å². The molecule has 6 heteroatoms. The molecule has 1 aliphatic rings. The number of aliphatic carboxylic acids is 1. The summed E-state index contributed by atoms with van der Waals surface area (Å²) in [4.78, 5) is 26.1. The normalized spacial score (nSPS) is 20.6. The van der Waals surface area contributed by atoms with Gasteiger partial charge >= 0.3 is 12.0 Å². The third kappa shape index (κ3) is 4.22. The largest absolute Gasteiger partial charge is 0.480 e. The lowest BCUT2D eigenvalue weighted by Crippen LogP contribution is -2.50. The first-order valence-electron chi connectivity index (χ1n) is 5.87. The molecule has 1 fully saturated rings. The van der Waals surface area contributed by atoms with Crippen molar-refractivity contribution in [3.8, 4) is 0 Å². The third-order valence-corrected chi connectivity index (χ3v) is 2.91. The van der Waals surface area contributed by atoms with Crippen molar-refractivity contribution in [3.05, 3.63) is 0 Å². The Morgan fingerprint density at radius 2 is 2.18 bits per heavy atom. The number of urea groups is 1. The Morgan fingerprint density at radius 1 is 1.53 bits per heavy atom. The van der Waals surface area contributed by atoms with E-state index in [4.69, 9.17) is 5.11 Å².